The predicted octanol–water partition coefficient (Wildman–Crippen LogP) is 1.35. The molecule has 0 aliphatic rings. The van der Waals surface area contributed by atoms with E-state index in [1.165, 1.54) is 0 Å². The molecule has 0 aliphatic carbocycles. The van der Waals surface area contributed by atoms with Crippen LogP contribution in [0.15, 0.2) is 0 Å². The number of rotatable bonds is 7. The molecule has 1 rings (SSSR count). The largest absolute Gasteiger partial charge is 0.370 e. The first-order valence-electron chi connectivity index (χ1n) is 7.06. The van der Waals surface area contributed by atoms with E-state index in [0.29, 0.717) is 0 Å². The van der Waals surface area contributed by atoms with Crippen LogP contribution in [0, 0.1) is 6.92 Å². The van der Waals surface area contributed by atoms with E-state index in [9.17, 15) is 4.79 Å². The van der Waals surface area contributed by atoms with Gasteiger partial charge in [-0.25, -0.2) is 9.97 Å². The van der Waals surface area contributed by atoms with E-state index in [1.807, 2.05) is 25.8 Å². The summed E-state index contributed by atoms with van der Waals surface area (Å²) in [5.41, 5.74) is 0.974. The van der Waals surface area contributed by atoms with Gasteiger partial charge in [-0.2, -0.15) is 0 Å². The van der Waals surface area contributed by atoms with E-state index >= 15 is 0 Å². The van der Waals surface area contributed by atoms with Gasteiger partial charge in [0.1, 0.15) is 17.5 Å². The highest BCUT2D eigenvalue weighted by Gasteiger charge is 2.15. The fraction of sp³-hybridized carbons (Fsp3) is 0.643. The number of nitrogens with zero attached hydrogens (tertiary/aromatic N) is 3. The highest BCUT2D eigenvalue weighted by Crippen LogP contribution is 2.22. The molecule has 112 valence electrons. The quantitative estimate of drug-likeness (QED) is 0.788. The van der Waals surface area contributed by atoms with Gasteiger partial charge in [-0.1, -0.05) is 13.8 Å². The minimum atomic E-state index is -0.0355. The van der Waals surface area contributed by atoms with Gasteiger partial charge in [0.25, 0.3) is 0 Å². The molecular formula is C14H25N5O. The van der Waals surface area contributed by atoms with Gasteiger partial charge in [-0.05, 0) is 13.3 Å². The number of carbonyl (C=O) groups excluding carboxylic acids is 1. The second kappa shape index (κ2) is 7.67. The summed E-state index contributed by atoms with van der Waals surface area (Å²) in [5, 5.41) is 5.94. The fourth-order valence-electron chi connectivity index (χ4n) is 1.86. The third-order valence-electron chi connectivity index (χ3n) is 3.05. The Labute approximate surface area is 121 Å². The Balaban J connectivity index is 3.06. The van der Waals surface area contributed by atoms with Crippen LogP contribution in [0.3, 0.4) is 0 Å². The monoisotopic (exact) mass is 279 g/mol. The molecule has 0 saturated heterocycles. The van der Waals surface area contributed by atoms with Crippen molar-refractivity contribution in [3.05, 3.63) is 11.4 Å². The normalized spacial score (nSPS) is 10.2. The molecule has 1 aromatic rings. The number of anilines is 2. The minimum Gasteiger partial charge on any atom is -0.370 e. The number of amides is 1. The van der Waals surface area contributed by atoms with Crippen molar-refractivity contribution >= 4 is 17.5 Å². The molecule has 0 radical (unpaired) electrons. The Morgan fingerprint density at radius 1 is 1.30 bits per heavy atom. The van der Waals surface area contributed by atoms with Crippen LogP contribution in [-0.2, 0) is 11.2 Å². The van der Waals surface area contributed by atoms with Crippen LogP contribution in [0.1, 0.15) is 31.7 Å². The Morgan fingerprint density at radius 2 is 2.00 bits per heavy atom. The zero-order valence-electron chi connectivity index (χ0n) is 13.1. The van der Waals surface area contributed by atoms with Gasteiger partial charge in [0.15, 0.2) is 0 Å². The number of aryl methyl sites for hydroxylation is 1. The van der Waals surface area contributed by atoms with Crippen molar-refractivity contribution in [2.45, 2.75) is 33.6 Å². The number of nitrogens with one attached hydrogen (secondary N) is 2. The summed E-state index contributed by atoms with van der Waals surface area (Å²) in [6.45, 7) is 7.27. The van der Waals surface area contributed by atoms with E-state index in [4.69, 9.17) is 0 Å². The SMILES string of the molecule is CCCNc1nc(CC)nc(N(C)CC(=O)NC)c1C. The van der Waals surface area contributed by atoms with Crippen molar-refractivity contribution < 1.29 is 4.79 Å². The molecule has 1 heterocycles. The molecule has 0 aromatic carbocycles. The maximum atomic E-state index is 11.5. The van der Waals surface area contributed by atoms with Gasteiger partial charge in [0, 0.05) is 32.6 Å². The molecule has 6 nitrogen and oxygen atoms in total. The van der Waals surface area contributed by atoms with Gasteiger partial charge in [0.2, 0.25) is 5.91 Å². The summed E-state index contributed by atoms with van der Waals surface area (Å²) >= 11 is 0. The lowest BCUT2D eigenvalue weighted by Gasteiger charge is -2.21. The average molecular weight is 279 g/mol. The first-order chi connectivity index (χ1) is 9.53. The summed E-state index contributed by atoms with van der Waals surface area (Å²) in [7, 11) is 3.50. The second-order valence-corrected chi connectivity index (χ2v) is 4.75. The fourth-order valence-corrected chi connectivity index (χ4v) is 1.86. The van der Waals surface area contributed by atoms with E-state index in [2.05, 4.69) is 27.5 Å². The Morgan fingerprint density at radius 3 is 2.55 bits per heavy atom. The number of aromatic nitrogens is 2. The molecule has 0 spiro atoms. The molecule has 0 aliphatic heterocycles. The highest BCUT2D eigenvalue weighted by atomic mass is 16.1. The van der Waals surface area contributed by atoms with Crippen molar-refractivity contribution in [1.29, 1.82) is 0 Å². The van der Waals surface area contributed by atoms with Crippen molar-refractivity contribution in [3.8, 4) is 0 Å². The van der Waals surface area contributed by atoms with Crippen LogP contribution in [0.25, 0.3) is 0 Å². The number of likely N-dealkylation sites (N-methyl/N-ethyl adjacent to an activating group) is 2. The first-order valence-corrected chi connectivity index (χ1v) is 7.06. The van der Waals surface area contributed by atoms with Gasteiger partial charge in [-0.3, -0.25) is 4.79 Å². The third-order valence-corrected chi connectivity index (χ3v) is 3.05. The van der Waals surface area contributed by atoms with E-state index in [1.54, 1.807) is 7.05 Å². The molecule has 1 aromatic heterocycles. The Hall–Kier alpha value is -1.85. The summed E-state index contributed by atoms with van der Waals surface area (Å²) in [6, 6.07) is 0. The second-order valence-electron chi connectivity index (χ2n) is 4.75. The topological polar surface area (TPSA) is 70.2 Å². The predicted molar refractivity (Wildman–Crippen MR) is 82.3 cm³/mol. The van der Waals surface area contributed by atoms with Crippen LogP contribution >= 0.6 is 0 Å². The molecule has 2 N–H and O–H groups in total. The lowest BCUT2D eigenvalue weighted by atomic mass is 10.2. The maximum absolute atomic E-state index is 11.5. The van der Waals surface area contributed by atoms with Crippen molar-refractivity contribution in [2.24, 2.45) is 0 Å². The van der Waals surface area contributed by atoms with Crippen molar-refractivity contribution in [2.75, 3.05) is 37.4 Å². The number of hydrogen-bond donors (Lipinski definition) is 2. The summed E-state index contributed by atoms with van der Waals surface area (Å²) in [5.74, 6) is 2.41. The van der Waals surface area contributed by atoms with E-state index in [0.717, 1.165) is 42.4 Å². The van der Waals surface area contributed by atoms with Crippen LogP contribution in [0.4, 0.5) is 11.6 Å². The summed E-state index contributed by atoms with van der Waals surface area (Å²) < 4.78 is 0. The standard InChI is InChI=1S/C14H25N5O/c1-6-8-16-13-10(3)14(18-11(7-2)17-13)19(5)9-12(20)15-4/h6-9H2,1-5H3,(H,15,20)(H,16,17,18). The molecule has 0 fully saturated rings. The van der Waals surface area contributed by atoms with Gasteiger partial charge in [-0.15, -0.1) is 0 Å². The van der Waals surface area contributed by atoms with Crippen LogP contribution in [-0.4, -0.2) is 43.1 Å². The molecule has 0 unspecified atom stereocenters. The first kappa shape index (κ1) is 16.2. The molecule has 6 heteroatoms. The molecule has 20 heavy (non-hydrogen) atoms. The maximum Gasteiger partial charge on any atom is 0.239 e. The zero-order valence-corrected chi connectivity index (χ0v) is 13.1. The van der Waals surface area contributed by atoms with Crippen LogP contribution in [0.2, 0.25) is 0 Å². The van der Waals surface area contributed by atoms with Gasteiger partial charge < -0.3 is 15.5 Å². The molecule has 0 saturated carbocycles. The van der Waals surface area contributed by atoms with Crippen LogP contribution < -0.4 is 15.5 Å². The van der Waals surface area contributed by atoms with Crippen molar-refractivity contribution in [3.63, 3.8) is 0 Å². The molecular weight excluding hydrogens is 254 g/mol. The lowest BCUT2D eigenvalue weighted by Crippen LogP contribution is -2.34. The lowest BCUT2D eigenvalue weighted by molar-refractivity contribution is -0.119. The third kappa shape index (κ3) is 4.08. The van der Waals surface area contributed by atoms with Gasteiger partial charge in [0.05, 0.1) is 6.54 Å². The molecule has 0 atom stereocenters. The molecule has 1 amide bonds. The highest BCUT2D eigenvalue weighted by molar-refractivity contribution is 5.81. The van der Waals surface area contributed by atoms with E-state index in [-0.39, 0.29) is 12.5 Å². The molecule has 0 bridgehead atoms. The summed E-state index contributed by atoms with van der Waals surface area (Å²) in [4.78, 5) is 22.4. The Kier molecular flexibility index (Phi) is 6.21. The Bertz CT molecular complexity index is 461. The zero-order chi connectivity index (χ0) is 15.1. The average Bonchev–Trinajstić information content (AvgIpc) is 2.45. The minimum absolute atomic E-state index is 0.0355. The van der Waals surface area contributed by atoms with Gasteiger partial charge >= 0.3 is 0 Å². The summed E-state index contributed by atoms with van der Waals surface area (Å²) in [6.07, 6.45) is 1.80. The van der Waals surface area contributed by atoms with Crippen molar-refractivity contribution in [1.82, 2.24) is 15.3 Å². The van der Waals surface area contributed by atoms with E-state index < -0.39 is 0 Å². The number of carbonyl (C=O) groups is 1. The van der Waals surface area contributed by atoms with Crippen LogP contribution in [0.5, 0.6) is 0 Å². The smallest absolute Gasteiger partial charge is 0.239 e. The number of hydrogen-bond acceptors (Lipinski definition) is 5.